The van der Waals surface area contributed by atoms with Crippen LogP contribution in [-0.4, -0.2) is 53.3 Å². The Hall–Kier alpha value is -5.36. The van der Waals surface area contributed by atoms with Gasteiger partial charge in [-0.1, -0.05) is 30.3 Å². The molecular formula is C33H34N4O7S. The summed E-state index contributed by atoms with van der Waals surface area (Å²) in [5.41, 5.74) is 4.83. The monoisotopic (exact) mass is 630 g/mol. The van der Waals surface area contributed by atoms with E-state index in [1.54, 1.807) is 79.7 Å². The van der Waals surface area contributed by atoms with Crippen LogP contribution in [0.2, 0.25) is 0 Å². The van der Waals surface area contributed by atoms with Crippen molar-refractivity contribution in [3.63, 3.8) is 0 Å². The molecule has 0 radical (unpaired) electrons. The fourth-order valence-electron chi connectivity index (χ4n) is 4.29. The molecule has 0 bridgehead atoms. The maximum atomic E-state index is 13.9. The number of ether oxygens (including phenoxy) is 3. The van der Waals surface area contributed by atoms with Crippen LogP contribution in [0.5, 0.6) is 17.2 Å². The average Bonchev–Trinajstić information content (AvgIpc) is 3.06. The zero-order valence-electron chi connectivity index (χ0n) is 25.3. The Kier molecular flexibility index (Phi) is 10.8. The molecule has 4 aromatic carbocycles. The number of anilines is 2. The van der Waals surface area contributed by atoms with Gasteiger partial charge in [0.15, 0.2) is 11.5 Å². The van der Waals surface area contributed by atoms with E-state index in [-0.39, 0.29) is 22.2 Å². The Bertz CT molecular complexity index is 1780. The molecule has 12 heteroatoms. The van der Waals surface area contributed by atoms with Gasteiger partial charge in [0.25, 0.3) is 21.8 Å². The summed E-state index contributed by atoms with van der Waals surface area (Å²) in [5.74, 6) is 0.186. The quantitative estimate of drug-likeness (QED) is 0.155. The number of sulfonamides is 1. The summed E-state index contributed by atoms with van der Waals surface area (Å²) in [6.07, 6.45) is 0. The fourth-order valence-corrected chi connectivity index (χ4v) is 5.72. The summed E-state index contributed by atoms with van der Waals surface area (Å²) in [6.45, 7) is 3.39. The maximum absolute atomic E-state index is 13.9. The summed E-state index contributed by atoms with van der Waals surface area (Å²) in [7, 11) is -1.41. The molecular weight excluding hydrogens is 596 g/mol. The minimum absolute atomic E-state index is 0.101. The minimum Gasteiger partial charge on any atom is -0.494 e. The van der Waals surface area contributed by atoms with Crippen LogP contribution in [0.25, 0.3) is 0 Å². The maximum Gasteiger partial charge on any atom is 0.264 e. The lowest BCUT2D eigenvalue weighted by Gasteiger charge is -2.24. The van der Waals surface area contributed by atoms with Crippen LogP contribution < -0.4 is 29.3 Å². The number of hydrazone groups is 1. The molecule has 2 N–H and O–H groups in total. The highest BCUT2D eigenvalue weighted by atomic mass is 32.2. The molecule has 0 aromatic heterocycles. The molecule has 11 nitrogen and oxygen atoms in total. The molecule has 0 saturated carbocycles. The second-order valence-electron chi connectivity index (χ2n) is 9.59. The number of benzene rings is 4. The molecule has 0 spiro atoms. The molecule has 0 fully saturated rings. The number of amides is 2. The second-order valence-corrected chi connectivity index (χ2v) is 11.5. The molecule has 4 aromatic rings. The molecule has 0 atom stereocenters. The van der Waals surface area contributed by atoms with Crippen molar-refractivity contribution >= 4 is 38.9 Å². The van der Waals surface area contributed by atoms with Crippen molar-refractivity contribution in [1.29, 1.82) is 0 Å². The zero-order chi connectivity index (χ0) is 32.4. The smallest absolute Gasteiger partial charge is 0.264 e. The molecule has 0 heterocycles. The molecule has 0 unspecified atom stereocenters. The Morgan fingerprint density at radius 3 is 2.18 bits per heavy atom. The number of hydrogen-bond acceptors (Lipinski definition) is 8. The van der Waals surface area contributed by atoms with Gasteiger partial charge >= 0.3 is 0 Å². The molecule has 0 aliphatic carbocycles. The summed E-state index contributed by atoms with van der Waals surface area (Å²) in [5, 5.41) is 7.03. The Balaban J connectivity index is 1.55. The fraction of sp³-hybridized carbons (Fsp3) is 0.182. The highest BCUT2D eigenvalue weighted by Crippen LogP contribution is 2.32. The SMILES string of the molecule is CCOc1ccc(N(CC(=O)N/N=C(/C)c2cccc(NC(=O)c3ccccc3)c2)S(=O)(=O)c2ccc(OC)c(OC)c2)cc1. The molecule has 234 valence electrons. The van der Waals surface area contributed by atoms with Crippen molar-refractivity contribution in [3.05, 3.63) is 108 Å². The van der Waals surface area contributed by atoms with Crippen LogP contribution in [0.1, 0.15) is 29.8 Å². The van der Waals surface area contributed by atoms with Crippen molar-refractivity contribution in [3.8, 4) is 17.2 Å². The van der Waals surface area contributed by atoms with Crippen molar-refractivity contribution in [2.24, 2.45) is 5.10 Å². The molecule has 2 amide bonds. The van der Waals surface area contributed by atoms with Gasteiger partial charge in [-0.25, -0.2) is 13.8 Å². The Morgan fingerprint density at radius 2 is 1.51 bits per heavy atom. The van der Waals surface area contributed by atoms with Crippen LogP contribution in [-0.2, 0) is 14.8 Å². The summed E-state index contributed by atoms with van der Waals surface area (Å²) >= 11 is 0. The van der Waals surface area contributed by atoms with E-state index in [4.69, 9.17) is 14.2 Å². The lowest BCUT2D eigenvalue weighted by molar-refractivity contribution is -0.119. The van der Waals surface area contributed by atoms with Crippen LogP contribution >= 0.6 is 0 Å². The van der Waals surface area contributed by atoms with Crippen molar-refractivity contribution < 1.29 is 32.2 Å². The van der Waals surface area contributed by atoms with Gasteiger partial charge in [0.1, 0.15) is 12.3 Å². The van der Waals surface area contributed by atoms with Crippen molar-refractivity contribution in [2.45, 2.75) is 18.7 Å². The standard InChI is InChI=1S/C33H34N4O7S/c1-5-44-28-16-14-27(15-17-28)37(45(40,41)29-18-19-30(42-3)31(21-29)43-4)22-32(38)36-35-23(2)25-12-9-13-26(20-25)34-33(39)24-10-7-6-8-11-24/h6-21H,5,22H2,1-4H3,(H,34,39)(H,36,38)/b35-23-. The van der Waals surface area contributed by atoms with Crippen molar-refractivity contribution in [2.75, 3.05) is 37.0 Å². The van der Waals surface area contributed by atoms with Crippen LogP contribution in [0.3, 0.4) is 0 Å². The van der Waals surface area contributed by atoms with Gasteiger partial charge in [0, 0.05) is 17.3 Å². The van der Waals surface area contributed by atoms with E-state index in [2.05, 4.69) is 15.8 Å². The Labute approximate surface area is 262 Å². The van der Waals surface area contributed by atoms with Gasteiger partial charge in [-0.3, -0.25) is 13.9 Å². The van der Waals surface area contributed by atoms with Crippen LogP contribution in [0, 0.1) is 0 Å². The van der Waals surface area contributed by atoms with Crippen LogP contribution in [0.4, 0.5) is 11.4 Å². The van der Waals surface area contributed by atoms with E-state index in [9.17, 15) is 18.0 Å². The summed E-state index contributed by atoms with van der Waals surface area (Å²) in [6, 6.07) is 26.3. The molecule has 0 aliphatic heterocycles. The van der Waals surface area contributed by atoms with E-state index in [0.717, 1.165) is 4.31 Å². The van der Waals surface area contributed by atoms with E-state index in [1.165, 1.54) is 32.4 Å². The number of nitrogens with one attached hydrogen (secondary N) is 2. The first-order valence-electron chi connectivity index (χ1n) is 13.9. The highest BCUT2D eigenvalue weighted by molar-refractivity contribution is 7.92. The number of rotatable bonds is 13. The summed E-state index contributed by atoms with van der Waals surface area (Å²) < 4.78 is 44.8. The summed E-state index contributed by atoms with van der Waals surface area (Å²) in [4.78, 5) is 25.6. The van der Waals surface area contributed by atoms with Gasteiger partial charge < -0.3 is 19.5 Å². The first kappa shape index (κ1) is 32.6. The average molecular weight is 631 g/mol. The third-order valence-corrected chi connectivity index (χ3v) is 8.36. The zero-order valence-corrected chi connectivity index (χ0v) is 26.1. The van der Waals surface area contributed by atoms with Gasteiger partial charge in [0.2, 0.25) is 0 Å². The second kappa shape index (κ2) is 14.9. The predicted octanol–water partition coefficient (Wildman–Crippen LogP) is 5.09. The third-order valence-electron chi connectivity index (χ3n) is 6.59. The van der Waals surface area contributed by atoms with E-state index < -0.39 is 22.5 Å². The largest absolute Gasteiger partial charge is 0.494 e. The first-order chi connectivity index (χ1) is 21.7. The van der Waals surface area contributed by atoms with Gasteiger partial charge in [-0.15, -0.1) is 0 Å². The van der Waals surface area contributed by atoms with Gasteiger partial charge in [0.05, 0.1) is 37.1 Å². The lowest BCUT2D eigenvalue weighted by Crippen LogP contribution is -2.39. The van der Waals surface area contributed by atoms with Gasteiger partial charge in [-0.2, -0.15) is 5.10 Å². The topological polar surface area (TPSA) is 136 Å². The van der Waals surface area contributed by atoms with Gasteiger partial charge in [-0.05, 0) is 80.1 Å². The van der Waals surface area contributed by atoms with E-state index in [1.807, 2.05) is 13.0 Å². The van der Waals surface area contributed by atoms with E-state index >= 15 is 0 Å². The molecule has 0 aliphatic rings. The number of nitrogens with zero attached hydrogens (tertiary/aromatic N) is 2. The molecule has 4 rings (SSSR count). The number of carbonyl (C=O) groups excluding carboxylic acids is 2. The number of methoxy groups -OCH3 is 2. The van der Waals surface area contributed by atoms with Crippen molar-refractivity contribution in [1.82, 2.24) is 5.43 Å². The predicted molar refractivity (Wildman–Crippen MR) is 173 cm³/mol. The number of hydrogen-bond donors (Lipinski definition) is 2. The molecule has 0 saturated heterocycles. The first-order valence-corrected chi connectivity index (χ1v) is 15.4. The molecule has 45 heavy (non-hydrogen) atoms. The number of carbonyl (C=O) groups is 2. The van der Waals surface area contributed by atoms with Crippen LogP contribution in [0.15, 0.2) is 107 Å². The highest BCUT2D eigenvalue weighted by Gasteiger charge is 2.28. The normalized spacial score (nSPS) is 11.3. The third kappa shape index (κ3) is 8.18. The van der Waals surface area contributed by atoms with E-state index in [0.29, 0.717) is 40.6 Å². The lowest BCUT2D eigenvalue weighted by atomic mass is 10.1. The minimum atomic E-state index is -4.26. The Morgan fingerprint density at radius 1 is 0.822 bits per heavy atom.